The summed E-state index contributed by atoms with van der Waals surface area (Å²) in [6, 6.07) is 7.42. The van der Waals surface area contributed by atoms with Gasteiger partial charge in [0.1, 0.15) is 18.0 Å². The van der Waals surface area contributed by atoms with Gasteiger partial charge in [-0.15, -0.1) is 0 Å². The fourth-order valence-electron chi connectivity index (χ4n) is 2.07. The first-order chi connectivity index (χ1) is 10.9. The number of nitrogens with zero attached hydrogens (tertiary/aromatic N) is 1. The van der Waals surface area contributed by atoms with E-state index in [0.717, 1.165) is 30.8 Å². The molecule has 5 heteroatoms. The second-order valence-corrected chi connectivity index (χ2v) is 6.17. The molecule has 0 aliphatic heterocycles. The van der Waals surface area contributed by atoms with Crippen LogP contribution in [0.1, 0.15) is 33.1 Å². The molecule has 0 saturated heterocycles. The normalized spacial score (nSPS) is 13.7. The molecule has 1 atom stereocenters. The van der Waals surface area contributed by atoms with Crippen molar-refractivity contribution in [2.75, 3.05) is 39.7 Å². The molecule has 0 saturated carbocycles. The van der Waals surface area contributed by atoms with Gasteiger partial charge in [0, 0.05) is 19.3 Å². The van der Waals surface area contributed by atoms with Crippen LogP contribution in [0.25, 0.3) is 0 Å². The fraction of sp³-hybridized carbons (Fsp3) is 0.611. The maximum absolute atomic E-state index is 12.4. The van der Waals surface area contributed by atoms with Gasteiger partial charge in [0.15, 0.2) is 0 Å². The molecule has 0 unspecified atom stereocenters. The molecule has 5 nitrogen and oxygen atoms in total. The number of nitrogens with one attached hydrogen (secondary N) is 1. The topological polar surface area (TPSA) is 50.8 Å². The van der Waals surface area contributed by atoms with Crippen LogP contribution in [0.4, 0.5) is 5.69 Å². The highest BCUT2D eigenvalue weighted by molar-refractivity contribution is 5.97. The molecule has 1 amide bonds. The molecule has 0 heterocycles. The monoisotopic (exact) mass is 322 g/mol. The molecule has 0 aliphatic rings. The molecule has 130 valence electrons. The van der Waals surface area contributed by atoms with Crippen molar-refractivity contribution in [2.24, 2.45) is 0 Å². The summed E-state index contributed by atoms with van der Waals surface area (Å²) in [6.45, 7) is 5.43. The second kappa shape index (κ2) is 9.53. The van der Waals surface area contributed by atoms with E-state index < -0.39 is 5.60 Å². The van der Waals surface area contributed by atoms with Crippen molar-refractivity contribution in [1.29, 1.82) is 0 Å². The molecule has 0 bridgehead atoms. The number of carbonyl (C=O) groups is 1. The predicted octanol–water partition coefficient (Wildman–Crippen LogP) is 3.16. The maximum atomic E-state index is 12.4. The van der Waals surface area contributed by atoms with Crippen molar-refractivity contribution in [3.63, 3.8) is 0 Å². The van der Waals surface area contributed by atoms with Gasteiger partial charge in [0.25, 0.3) is 5.91 Å². The van der Waals surface area contributed by atoms with Gasteiger partial charge in [-0.3, -0.25) is 4.79 Å². The summed E-state index contributed by atoms with van der Waals surface area (Å²) in [5.41, 5.74) is -0.0496. The molecule has 0 aromatic heterocycles. The number of hydrogen-bond acceptors (Lipinski definition) is 4. The lowest BCUT2D eigenvalue weighted by atomic mass is 9.97. The number of anilines is 1. The molecule has 0 radical (unpaired) electrons. The number of unbranched alkanes of at least 4 members (excludes halogenated alkanes) is 1. The minimum Gasteiger partial charge on any atom is -0.492 e. The van der Waals surface area contributed by atoms with E-state index in [1.165, 1.54) is 0 Å². The molecule has 1 aromatic rings. The van der Waals surface area contributed by atoms with Crippen molar-refractivity contribution in [3.05, 3.63) is 24.3 Å². The summed E-state index contributed by atoms with van der Waals surface area (Å²) in [7, 11) is 5.59. The number of carbonyl (C=O) groups excluding carboxylic acids is 1. The van der Waals surface area contributed by atoms with Gasteiger partial charge in [-0.25, -0.2) is 0 Å². The number of benzene rings is 1. The summed E-state index contributed by atoms with van der Waals surface area (Å²) in [4.78, 5) is 14.5. The van der Waals surface area contributed by atoms with Crippen molar-refractivity contribution in [2.45, 2.75) is 38.7 Å². The van der Waals surface area contributed by atoms with Crippen LogP contribution in [0.3, 0.4) is 0 Å². The Morgan fingerprint density at radius 3 is 2.43 bits per heavy atom. The highest BCUT2D eigenvalue weighted by Gasteiger charge is 2.32. The number of hydrogen-bond donors (Lipinski definition) is 1. The average Bonchev–Trinajstić information content (AvgIpc) is 2.53. The fourth-order valence-corrected chi connectivity index (χ4v) is 2.07. The van der Waals surface area contributed by atoms with Gasteiger partial charge in [0.2, 0.25) is 0 Å². The van der Waals surface area contributed by atoms with Crippen molar-refractivity contribution >= 4 is 11.6 Å². The van der Waals surface area contributed by atoms with E-state index >= 15 is 0 Å². The van der Waals surface area contributed by atoms with Gasteiger partial charge < -0.3 is 19.7 Å². The molecule has 1 rings (SSSR count). The summed E-state index contributed by atoms with van der Waals surface area (Å²) in [6.07, 6.45) is 2.69. The van der Waals surface area contributed by atoms with Crippen LogP contribution in [0.15, 0.2) is 24.3 Å². The molecule has 1 aromatic carbocycles. The standard InChI is InChI=1S/C18H30N2O3/c1-6-7-12-18(2,22-5)17(21)19-15-8-10-16(11-9-15)23-14-13-20(3)4/h8-11H,6-7,12-14H2,1-5H3,(H,19,21)/t18-/m0/s1. The number of likely N-dealkylation sites (N-methyl/N-ethyl adjacent to an activating group) is 1. The van der Waals surface area contributed by atoms with Gasteiger partial charge in [-0.05, 0) is 51.7 Å². The predicted molar refractivity (Wildman–Crippen MR) is 94.1 cm³/mol. The number of ether oxygens (including phenoxy) is 2. The third-order valence-electron chi connectivity index (χ3n) is 3.86. The molecule has 0 spiro atoms. The summed E-state index contributed by atoms with van der Waals surface area (Å²) in [5, 5.41) is 2.92. The van der Waals surface area contributed by atoms with E-state index in [1.807, 2.05) is 45.3 Å². The first kappa shape index (κ1) is 19.5. The van der Waals surface area contributed by atoms with E-state index in [9.17, 15) is 4.79 Å². The second-order valence-electron chi connectivity index (χ2n) is 6.17. The van der Waals surface area contributed by atoms with Crippen molar-refractivity contribution in [3.8, 4) is 5.75 Å². The summed E-state index contributed by atoms with van der Waals surface area (Å²) < 4.78 is 11.1. The summed E-state index contributed by atoms with van der Waals surface area (Å²) in [5.74, 6) is 0.681. The average molecular weight is 322 g/mol. The SMILES string of the molecule is CCCC[C@](C)(OC)C(=O)Nc1ccc(OCCN(C)C)cc1. The van der Waals surface area contributed by atoms with Crippen LogP contribution in [-0.2, 0) is 9.53 Å². The Morgan fingerprint density at radius 2 is 1.91 bits per heavy atom. The molecule has 23 heavy (non-hydrogen) atoms. The quantitative estimate of drug-likeness (QED) is 0.719. The first-order valence-corrected chi connectivity index (χ1v) is 8.15. The zero-order chi connectivity index (χ0) is 17.3. The third kappa shape index (κ3) is 6.59. The van der Waals surface area contributed by atoms with E-state index in [1.54, 1.807) is 7.11 Å². The van der Waals surface area contributed by atoms with Crippen LogP contribution >= 0.6 is 0 Å². The van der Waals surface area contributed by atoms with Gasteiger partial charge in [-0.1, -0.05) is 19.8 Å². The lowest BCUT2D eigenvalue weighted by Crippen LogP contribution is -2.41. The van der Waals surface area contributed by atoms with Crippen LogP contribution in [0.2, 0.25) is 0 Å². The molecule has 0 aliphatic carbocycles. The minimum atomic E-state index is -0.795. The Morgan fingerprint density at radius 1 is 1.26 bits per heavy atom. The molecule has 0 fully saturated rings. The number of rotatable bonds is 10. The summed E-state index contributed by atoms with van der Waals surface area (Å²) >= 11 is 0. The Balaban J connectivity index is 2.57. The molecule has 1 N–H and O–H groups in total. The van der Waals surface area contributed by atoms with Gasteiger partial charge in [0.05, 0.1) is 0 Å². The van der Waals surface area contributed by atoms with Crippen LogP contribution in [0, 0.1) is 0 Å². The van der Waals surface area contributed by atoms with E-state index in [4.69, 9.17) is 9.47 Å². The van der Waals surface area contributed by atoms with Crippen molar-refractivity contribution in [1.82, 2.24) is 4.90 Å². The maximum Gasteiger partial charge on any atom is 0.256 e. The minimum absolute atomic E-state index is 0.116. The molecular weight excluding hydrogens is 292 g/mol. The Labute approximate surface area is 140 Å². The zero-order valence-electron chi connectivity index (χ0n) is 15.0. The smallest absolute Gasteiger partial charge is 0.256 e. The lowest BCUT2D eigenvalue weighted by molar-refractivity contribution is -0.136. The Hall–Kier alpha value is -1.59. The zero-order valence-corrected chi connectivity index (χ0v) is 15.0. The lowest BCUT2D eigenvalue weighted by Gasteiger charge is -2.26. The number of amides is 1. The molecular formula is C18H30N2O3. The van der Waals surface area contributed by atoms with Crippen molar-refractivity contribution < 1.29 is 14.3 Å². The van der Waals surface area contributed by atoms with Crippen LogP contribution < -0.4 is 10.1 Å². The highest BCUT2D eigenvalue weighted by Crippen LogP contribution is 2.22. The number of methoxy groups -OCH3 is 1. The van der Waals surface area contributed by atoms with E-state index in [0.29, 0.717) is 13.0 Å². The Bertz CT molecular complexity index is 474. The highest BCUT2D eigenvalue weighted by atomic mass is 16.5. The van der Waals surface area contributed by atoms with Crippen LogP contribution in [-0.4, -0.2) is 50.8 Å². The van der Waals surface area contributed by atoms with E-state index in [-0.39, 0.29) is 5.91 Å². The van der Waals surface area contributed by atoms with Gasteiger partial charge >= 0.3 is 0 Å². The van der Waals surface area contributed by atoms with Gasteiger partial charge in [-0.2, -0.15) is 0 Å². The van der Waals surface area contributed by atoms with Crippen LogP contribution in [0.5, 0.6) is 5.75 Å². The Kier molecular flexibility index (Phi) is 8.06. The third-order valence-corrected chi connectivity index (χ3v) is 3.86. The first-order valence-electron chi connectivity index (χ1n) is 8.15. The largest absolute Gasteiger partial charge is 0.492 e. The van der Waals surface area contributed by atoms with E-state index in [2.05, 4.69) is 17.1 Å².